The van der Waals surface area contributed by atoms with Crippen LogP contribution < -0.4 is 16.0 Å². The van der Waals surface area contributed by atoms with Crippen LogP contribution in [0.1, 0.15) is 0 Å². The van der Waals surface area contributed by atoms with Crippen molar-refractivity contribution in [1.82, 2.24) is 19.7 Å². The molecule has 0 aliphatic heterocycles. The molecule has 1 amide bonds. The number of hydrogen-bond acceptors (Lipinski definition) is 6. The smallest absolute Gasteiger partial charge is 0.247 e. The van der Waals surface area contributed by atoms with E-state index in [1.54, 1.807) is 10.9 Å². The van der Waals surface area contributed by atoms with E-state index in [9.17, 15) is 4.79 Å². The number of nitrogens with zero attached hydrogens (tertiary/aromatic N) is 4. The van der Waals surface area contributed by atoms with Crippen LogP contribution in [0, 0.1) is 3.57 Å². The third-order valence-electron chi connectivity index (χ3n) is 4.20. The van der Waals surface area contributed by atoms with E-state index in [2.05, 4.69) is 60.2 Å². The number of hydrogen-bond donors (Lipinski definition) is 3. The molecule has 30 heavy (non-hydrogen) atoms. The predicted octanol–water partition coefficient (Wildman–Crippen LogP) is 4.58. The van der Waals surface area contributed by atoms with Gasteiger partial charge in [-0.3, -0.25) is 9.48 Å². The summed E-state index contributed by atoms with van der Waals surface area (Å²) >= 11 is 2.26. The zero-order chi connectivity index (χ0) is 21.1. The average molecular weight is 511 g/mol. The van der Waals surface area contributed by atoms with E-state index in [1.807, 2.05) is 55.7 Å². The van der Waals surface area contributed by atoms with E-state index in [-0.39, 0.29) is 5.91 Å². The first-order valence-electron chi connectivity index (χ1n) is 9.03. The van der Waals surface area contributed by atoms with Crippen molar-refractivity contribution in [3.63, 3.8) is 0 Å². The highest BCUT2D eigenvalue weighted by molar-refractivity contribution is 14.1. The standard InChI is InChI=1S/C21H18IN7O/c1-3-19(30)24-14-5-4-6-15(10-14)25-20-17-9-13(22)7-8-18(17)27-21(28-20)26-16-11-23-29(2)12-16/h3-12H,1H2,2H3,(H,24,30)(H2,25,26,27,28). The number of anilines is 5. The minimum atomic E-state index is -0.267. The lowest BCUT2D eigenvalue weighted by Crippen LogP contribution is -2.07. The second kappa shape index (κ2) is 8.49. The van der Waals surface area contributed by atoms with Crippen molar-refractivity contribution < 1.29 is 4.79 Å². The van der Waals surface area contributed by atoms with Gasteiger partial charge in [-0.2, -0.15) is 10.1 Å². The number of aryl methyl sites for hydroxylation is 1. The lowest BCUT2D eigenvalue weighted by Gasteiger charge is -2.13. The molecule has 0 atom stereocenters. The lowest BCUT2D eigenvalue weighted by molar-refractivity contribution is -0.111. The number of benzene rings is 2. The molecule has 0 aliphatic carbocycles. The largest absolute Gasteiger partial charge is 0.339 e. The van der Waals surface area contributed by atoms with Crippen molar-refractivity contribution in [3.8, 4) is 0 Å². The lowest BCUT2D eigenvalue weighted by atomic mass is 10.2. The van der Waals surface area contributed by atoms with Gasteiger partial charge in [-0.15, -0.1) is 0 Å². The van der Waals surface area contributed by atoms with E-state index < -0.39 is 0 Å². The van der Waals surface area contributed by atoms with Crippen LogP contribution in [-0.4, -0.2) is 25.7 Å². The van der Waals surface area contributed by atoms with Crippen LogP contribution in [0.3, 0.4) is 0 Å². The first kappa shape index (κ1) is 19.8. The normalized spacial score (nSPS) is 10.6. The number of amides is 1. The SMILES string of the molecule is C=CC(=O)Nc1cccc(Nc2nc(Nc3cnn(C)c3)nc3ccc(I)cc23)c1. The Bertz CT molecular complexity index is 1250. The summed E-state index contributed by atoms with van der Waals surface area (Å²) < 4.78 is 2.78. The van der Waals surface area contributed by atoms with Gasteiger partial charge in [-0.1, -0.05) is 12.6 Å². The van der Waals surface area contributed by atoms with Crippen molar-refractivity contribution in [3.05, 3.63) is 71.1 Å². The van der Waals surface area contributed by atoms with Gasteiger partial charge in [0.2, 0.25) is 11.9 Å². The minimum absolute atomic E-state index is 0.267. The van der Waals surface area contributed by atoms with E-state index in [0.717, 1.165) is 25.8 Å². The molecule has 9 heteroatoms. The Morgan fingerprint density at radius 3 is 2.70 bits per heavy atom. The highest BCUT2D eigenvalue weighted by Crippen LogP contribution is 2.28. The van der Waals surface area contributed by atoms with Crippen LogP contribution in [0.15, 0.2) is 67.5 Å². The fourth-order valence-electron chi connectivity index (χ4n) is 2.87. The van der Waals surface area contributed by atoms with Gasteiger partial charge in [0, 0.05) is 33.6 Å². The summed E-state index contributed by atoms with van der Waals surface area (Å²) in [5.74, 6) is 0.838. The first-order chi connectivity index (χ1) is 14.5. The molecule has 0 saturated carbocycles. The van der Waals surface area contributed by atoms with Gasteiger partial charge in [0.25, 0.3) is 0 Å². The number of halogens is 1. The van der Waals surface area contributed by atoms with E-state index in [4.69, 9.17) is 0 Å². The number of aromatic nitrogens is 4. The fraction of sp³-hybridized carbons (Fsp3) is 0.0476. The van der Waals surface area contributed by atoms with Crippen LogP contribution in [0.25, 0.3) is 10.9 Å². The summed E-state index contributed by atoms with van der Waals surface area (Å²) in [6.07, 6.45) is 4.79. The van der Waals surface area contributed by atoms with Crippen molar-refractivity contribution >= 4 is 68.2 Å². The Balaban J connectivity index is 1.71. The molecule has 8 nitrogen and oxygen atoms in total. The highest BCUT2D eigenvalue weighted by Gasteiger charge is 2.10. The molecule has 0 bridgehead atoms. The number of nitrogens with one attached hydrogen (secondary N) is 3. The molecule has 2 aromatic heterocycles. The molecule has 0 radical (unpaired) electrons. The zero-order valence-electron chi connectivity index (χ0n) is 16.1. The Labute approximate surface area is 186 Å². The fourth-order valence-corrected chi connectivity index (χ4v) is 3.36. The molecular weight excluding hydrogens is 493 g/mol. The van der Waals surface area contributed by atoms with Crippen LogP contribution >= 0.6 is 22.6 Å². The van der Waals surface area contributed by atoms with E-state index in [0.29, 0.717) is 17.5 Å². The summed E-state index contributed by atoms with van der Waals surface area (Å²) in [5, 5.41) is 14.3. The maximum absolute atomic E-state index is 11.6. The summed E-state index contributed by atoms with van der Waals surface area (Å²) in [5.41, 5.74) is 3.03. The van der Waals surface area contributed by atoms with Crippen molar-refractivity contribution in [2.24, 2.45) is 7.05 Å². The minimum Gasteiger partial charge on any atom is -0.339 e. The first-order valence-corrected chi connectivity index (χ1v) is 10.1. The molecule has 0 saturated heterocycles. The molecule has 0 fully saturated rings. The van der Waals surface area contributed by atoms with Gasteiger partial charge < -0.3 is 16.0 Å². The zero-order valence-corrected chi connectivity index (χ0v) is 18.2. The molecule has 2 aromatic carbocycles. The summed E-state index contributed by atoms with van der Waals surface area (Å²) in [7, 11) is 1.85. The van der Waals surface area contributed by atoms with Crippen LogP contribution in [0.5, 0.6) is 0 Å². The van der Waals surface area contributed by atoms with Gasteiger partial charge >= 0.3 is 0 Å². The van der Waals surface area contributed by atoms with Crippen LogP contribution in [0.4, 0.5) is 28.8 Å². The Morgan fingerprint density at radius 1 is 1.10 bits per heavy atom. The summed E-state index contributed by atoms with van der Waals surface area (Å²) in [6, 6.07) is 13.4. The Hall–Kier alpha value is -3.47. The molecule has 4 aromatic rings. The quantitative estimate of drug-likeness (QED) is 0.259. The van der Waals surface area contributed by atoms with E-state index >= 15 is 0 Å². The molecule has 0 aliphatic rings. The topological polar surface area (TPSA) is 96.8 Å². The molecule has 2 heterocycles. The third kappa shape index (κ3) is 4.57. The molecule has 150 valence electrons. The summed E-state index contributed by atoms with van der Waals surface area (Å²) in [6.45, 7) is 3.48. The van der Waals surface area contributed by atoms with Gasteiger partial charge in [0.1, 0.15) is 5.82 Å². The van der Waals surface area contributed by atoms with Gasteiger partial charge in [-0.25, -0.2) is 4.98 Å². The maximum atomic E-state index is 11.6. The number of carbonyl (C=O) groups excluding carboxylic acids is 1. The van der Waals surface area contributed by atoms with Crippen LogP contribution in [-0.2, 0) is 11.8 Å². The molecule has 0 spiro atoms. The van der Waals surface area contributed by atoms with Crippen LogP contribution in [0.2, 0.25) is 0 Å². The highest BCUT2D eigenvalue weighted by atomic mass is 127. The third-order valence-corrected chi connectivity index (χ3v) is 4.87. The average Bonchev–Trinajstić information content (AvgIpc) is 3.13. The molecule has 4 rings (SSSR count). The second-order valence-corrected chi connectivity index (χ2v) is 7.73. The number of rotatable bonds is 6. The summed E-state index contributed by atoms with van der Waals surface area (Å²) in [4.78, 5) is 20.9. The van der Waals surface area contributed by atoms with Gasteiger partial charge in [0.05, 0.1) is 17.4 Å². The monoisotopic (exact) mass is 511 g/mol. The van der Waals surface area contributed by atoms with Gasteiger partial charge in [0.15, 0.2) is 0 Å². The molecule has 3 N–H and O–H groups in total. The van der Waals surface area contributed by atoms with Crippen molar-refractivity contribution in [1.29, 1.82) is 0 Å². The van der Waals surface area contributed by atoms with Crippen molar-refractivity contribution in [2.45, 2.75) is 0 Å². The second-order valence-electron chi connectivity index (χ2n) is 6.48. The van der Waals surface area contributed by atoms with Crippen molar-refractivity contribution in [2.75, 3.05) is 16.0 Å². The molecule has 0 unspecified atom stereocenters. The van der Waals surface area contributed by atoms with E-state index in [1.165, 1.54) is 6.08 Å². The number of fused-ring (bicyclic) bond motifs is 1. The Kier molecular flexibility index (Phi) is 5.61. The Morgan fingerprint density at radius 2 is 1.93 bits per heavy atom. The predicted molar refractivity (Wildman–Crippen MR) is 127 cm³/mol. The number of carbonyl (C=O) groups is 1. The van der Waals surface area contributed by atoms with Gasteiger partial charge in [-0.05, 0) is 65.1 Å². The maximum Gasteiger partial charge on any atom is 0.247 e. The molecular formula is C21H18IN7O.